The van der Waals surface area contributed by atoms with Crippen molar-refractivity contribution in [3.05, 3.63) is 12.4 Å². The Labute approximate surface area is 103 Å². The second-order valence-electron chi connectivity index (χ2n) is 3.97. The lowest BCUT2D eigenvalue weighted by Crippen LogP contribution is -2.22. The third-order valence-corrected chi connectivity index (χ3v) is 2.44. The molecule has 0 aliphatic rings. The molecule has 5 nitrogen and oxygen atoms in total. The van der Waals surface area contributed by atoms with Gasteiger partial charge >= 0.3 is 0 Å². The number of nitrogens with two attached hydrogens (primary N) is 1. The Morgan fingerprint density at radius 1 is 1.41 bits per heavy atom. The molecule has 0 aliphatic carbocycles. The van der Waals surface area contributed by atoms with Gasteiger partial charge in [0, 0.05) is 18.7 Å². The summed E-state index contributed by atoms with van der Waals surface area (Å²) in [6.07, 6.45) is 4.41. The van der Waals surface area contributed by atoms with Gasteiger partial charge in [0.15, 0.2) is 0 Å². The molecule has 5 heteroatoms. The summed E-state index contributed by atoms with van der Waals surface area (Å²) in [7, 11) is 0. The molecule has 1 heterocycles. The molecule has 96 valence electrons. The van der Waals surface area contributed by atoms with Gasteiger partial charge in [0.25, 0.3) is 0 Å². The lowest BCUT2D eigenvalue weighted by molar-refractivity contribution is 0.305. The normalized spacial score (nSPS) is 12.2. The number of rotatable bonds is 8. The van der Waals surface area contributed by atoms with Gasteiger partial charge in [-0.05, 0) is 19.3 Å². The van der Waals surface area contributed by atoms with Crippen molar-refractivity contribution in [1.29, 1.82) is 0 Å². The SMILES string of the molecule is CCCOc1cc(NCCC(N)CC)ncn1. The van der Waals surface area contributed by atoms with Crippen molar-refractivity contribution < 1.29 is 4.74 Å². The van der Waals surface area contributed by atoms with Crippen molar-refractivity contribution in [2.75, 3.05) is 18.5 Å². The molecule has 0 saturated carbocycles. The lowest BCUT2D eigenvalue weighted by atomic mass is 10.2. The molecule has 0 amide bonds. The Balaban J connectivity index is 2.37. The van der Waals surface area contributed by atoms with E-state index in [2.05, 4.69) is 29.1 Å². The molecule has 0 aliphatic heterocycles. The predicted molar refractivity (Wildman–Crippen MR) is 69.2 cm³/mol. The average molecular weight is 238 g/mol. The molecule has 1 unspecified atom stereocenters. The zero-order chi connectivity index (χ0) is 12.5. The summed E-state index contributed by atoms with van der Waals surface area (Å²) >= 11 is 0. The number of nitrogens with zero attached hydrogens (tertiary/aromatic N) is 2. The van der Waals surface area contributed by atoms with Gasteiger partial charge in [0.1, 0.15) is 12.1 Å². The topological polar surface area (TPSA) is 73.1 Å². The highest BCUT2D eigenvalue weighted by Crippen LogP contribution is 2.11. The van der Waals surface area contributed by atoms with E-state index in [-0.39, 0.29) is 6.04 Å². The maximum atomic E-state index is 5.84. The first kappa shape index (κ1) is 13.7. The molecule has 0 bridgehead atoms. The van der Waals surface area contributed by atoms with E-state index in [0.29, 0.717) is 12.5 Å². The molecule has 0 aromatic carbocycles. The van der Waals surface area contributed by atoms with Crippen molar-refractivity contribution in [3.63, 3.8) is 0 Å². The largest absolute Gasteiger partial charge is 0.478 e. The van der Waals surface area contributed by atoms with Crippen molar-refractivity contribution in [1.82, 2.24) is 9.97 Å². The fraction of sp³-hybridized carbons (Fsp3) is 0.667. The highest BCUT2D eigenvalue weighted by Gasteiger charge is 2.01. The second-order valence-corrected chi connectivity index (χ2v) is 3.97. The van der Waals surface area contributed by atoms with Crippen LogP contribution in [-0.4, -0.2) is 29.2 Å². The van der Waals surface area contributed by atoms with Gasteiger partial charge in [-0.25, -0.2) is 9.97 Å². The van der Waals surface area contributed by atoms with E-state index in [0.717, 1.165) is 31.6 Å². The predicted octanol–water partition coefficient (Wildman–Crippen LogP) is 1.80. The minimum atomic E-state index is 0.250. The van der Waals surface area contributed by atoms with E-state index < -0.39 is 0 Å². The summed E-state index contributed by atoms with van der Waals surface area (Å²) in [5.41, 5.74) is 5.84. The van der Waals surface area contributed by atoms with E-state index in [1.54, 1.807) is 0 Å². The van der Waals surface area contributed by atoms with Crippen LogP contribution in [0.2, 0.25) is 0 Å². The first-order valence-electron chi connectivity index (χ1n) is 6.20. The van der Waals surface area contributed by atoms with Gasteiger partial charge < -0.3 is 15.8 Å². The zero-order valence-corrected chi connectivity index (χ0v) is 10.6. The third-order valence-electron chi connectivity index (χ3n) is 2.44. The average Bonchev–Trinajstić information content (AvgIpc) is 2.36. The van der Waals surface area contributed by atoms with Gasteiger partial charge in [0.05, 0.1) is 6.61 Å². The van der Waals surface area contributed by atoms with Crippen LogP contribution in [-0.2, 0) is 0 Å². The number of aromatic nitrogens is 2. The van der Waals surface area contributed by atoms with E-state index in [9.17, 15) is 0 Å². The molecule has 0 saturated heterocycles. The summed E-state index contributed by atoms with van der Waals surface area (Å²) in [6.45, 7) is 5.65. The lowest BCUT2D eigenvalue weighted by Gasteiger charge is -2.10. The molecule has 1 aromatic heterocycles. The number of anilines is 1. The van der Waals surface area contributed by atoms with Crippen molar-refractivity contribution in [2.45, 2.75) is 39.2 Å². The Morgan fingerprint density at radius 3 is 2.94 bits per heavy atom. The molecule has 1 aromatic rings. The Morgan fingerprint density at radius 2 is 2.24 bits per heavy atom. The van der Waals surface area contributed by atoms with E-state index in [1.165, 1.54) is 6.33 Å². The van der Waals surface area contributed by atoms with Crippen LogP contribution in [0.25, 0.3) is 0 Å². The molecular weight excluding hydrogens is 216 g/mol. The zero-order valence-electron chi connectivity index (χ0n) is 10.6. The first-order valence-corrected chi connectivity index (χ1v) is 6.20. The Hall–Kier alpha value is -1.36. The quantitative estimate of drug-likeness (QED) is 0.722. The van der Waals surface area contributed by atoms with Crippen LogP contribution in [0.5, 0.6) is 5.88 Å². The van der Waals surface area contributed by atoms with E-state index in [1.807, 2.05) is 6.07 Å². The number of hydrogen-bond donors (Lipinski definition) is 2. The molecule has 17 heavy (non-hydrogen) atoms. The molecular formula is C12H22N4O. The Bertz CT molecular complexity index is 319. The van der Waals surface area contributed by atoms with Crippen LogP contribution < -0.4 is 15.8 Å². The fourth-order valence-electron chi connectivity index (χ4n) is 1.31. The van der Waals surface area contributed by atoms with Crippen LogP contribution in [0.1, 0.15) is 33.1 Å². The van der Waals surface area contributed by atoms with Gasteiger partial charge in [-0.1, -0.05) is 13.8 Å². The number of ether oxygens (including phenoxy) is 1. The number of nitrogens with one attached hydrogen (secondary N) is 1. The highest BCUT2D eigenvalue weighted by molar-refractivity contribution is 5.36. The van der Waals surface area contributed by atoms with Gasteiger partial charge in [-0.3, -0.25) is 0 Å². The maximum absolute atomic E-state index is 5.84. The maximum Gasteiger partial charge on any atom is 0.218 e. The minimum absolute atomic E-state index is 0.250. The molecule has 0 spiro atoms. The van der Waals surface area contributed by atoms with Crippen LogP contribution in [0.3, 0.4) is 0 Å². The van der Waals surface area contributed by atoms with Gasteiger partial charge in [-0.15, -0.1) is 0 Å². The summed E-state index contributed by atoms with van der Waals surface area (Å²) < 4.78 is 5.43. The summed E-state index contributed by atoms with van der Waals surface area (Å²) in [4.78, 5) is 8.17. The highest BCUT2D eigenvalue weighted by atomic mass is 16.5. The molecule has 0 radical (unpaired) electrons. The second kappa shape index (κ2) is 7.84. The van der Waals surface area contributed by atoms with Gasteiger partial charge in [0.2, 0.25) is 5.88 Å². The van der Waals surface area contributed by atoms with Crippen molar-refractivity contribution in [2.24, 2.45) is 5.73 Å². The van der Waals surface area contributed by atoms with Crippen molar-refractivity contribution >= 4 is 5.82 Å². The van der Waals surface area contributed by atoms with Crippen LogP contribution >= 0.6 is 0 Å². The molecule has 3 N–H and O–H groups in total. The van der Waals surface area contributed by atoms with Gasteiger partial charge in [-0.2, -0.15) is 0 Å². The standard InChI is InChI=1S/C12H22N4O/c1-3-7-17-12-8-11(15-9-16-12)14-6-5-10(13)4-2/h8-10H,3-7,13H2,1-2H3,(H,14,15,16). The summed E-state index contributed by atoms with van der Waals surface area (Å²) in [6, 6.07) is 2.06. The summed E-state index contributed by atoms with van der Waals surface area (Å²) in [5, 5.41) is 3.22. The molecule has 0 fully saturated rings. The molecule has 1 rings (SSSR count). The van der Waals surface area contributed by atoms with E-state index >= 15 is 0 Å². The Kier molecular flexibility index (Phi) is 6.32. The van der Waals surface area contributed by atoms with Crippen LogP contribution in [0, 0.1) is 0 Å². The minimum Gasteiger partial charge on any atom is -0.478 e. The first-order chi connectivity index (χ1) is 8.26. The van der Waals surface area contributed by atoms with Crippen LogP contribution in [0.15, 0.2) is 12.4 Å². The fourth-order valence-corrected chi connectivity index (χ4v) is 1.31. The third kappa shape index (κ3) is 5.49. The van der Waals surface area contributed by atoms with Crippen LogP contribution in [0.4, 0.5) is 5.82 Å². The monoisotopic (exact) mass is 238 g/mol. The number of hydrogen-bond acceptors (Lipinski definition) is 5. The summed E-state index contributed by atoms with van der Waals surface area (Å²) in [5.74, 6) is 1.40. The smallest absolute Gasteiger partial charge is 0.218 e. The van der Waals surface area contributed by atoms with E-state index in [4.69, 9.17) is 10.5 Å². The van der Waals surface area contributed by atoms with Crippen molar-refractivity contribution in [3.8, 4) is 5.88 Å². The molecule has 1 atom stereocenters.